The molecule has 1 unspecified atom stereocenters. The van der Waals surface area contributed by atoms with E-state index >= 15 is 0 Å². The van der Waals surface area contributed by atoms with E-state index in [2.05, 4.69) is 15.2 Å². The van der Waals surface area contributed by atoms with Crippen LogP contribution in [0.3, 0.4) is 0 Å². The van der Waals surface area contributed by atoms with Crippen molar-refractivity contribution in [3.8, 4) is 11.5 Å². The Balaban J connectivity index is 1.37. The molecule has 1 atom stereocenters. The minimum atomic E-state index is -0.201. The van der Waals surface area contributed by atoms with Gasteiger partial charge in [0.15, 0.2) is 11.5 Å². The van der Waals surface area contributed by atoms with E-state index in [9.17, 15) is 4.79 Å². The molecular weight excluding hydrogens is 428 g/mol. The molecule has 0 aliphatic carbocycles. The van der Waals surface area contributed by atoms with E-state index in [4.69, 9.17) is 21.1 Å². The predicted molar refractivity (Wildman–Crippen MR) is 123 cm³/mol. The zero-order valence-corrected chi connectivity index (χ0v) is 18.7. The monoisotopic (exact) mass is 454 g/mol. The number of hydrogen-bond acceptors (Lipinski definition) is 5. The van der Waals surface area contributed by atoms with E-state index in [-0.39, 0.29) is 18.6 Å². The zero-order chi connectivity index (χ0) is 21.9. The zero-order valence-electron chi connectivity index (χ0n) is 17.9. The topological polar surface area (TPSA) is 68.1 Å². The maximum absolute atomic E-state index is 13.0. The lowest BCUT2D eigenvalue weighted by Crippen LogP contribution is -2.38. The van der Waals surface area contributed by atoms with Gasteiger partial charge in [0.05, 0.1) is 10.7 Å². The van der Waals surface area contributed by atoms with E-state index in [1.165, 1.54) is 19.3 Å². The quantitative estimate of drug-likeness (QED) is 0.587. The molecule has 3 aromatic rings. The summed E-state index contributed by atoms with van der Waals surface area (Å²) in [7, 11) is 0. The normalized spacial score (nSPS) is 16.9. The highest BCUT2D eigenvalue weighted by Gasteiger charge is 2.25. The fourth-order valence-corrected chi connectivity index (χ4v) is 4.71. The molecule has 0 bridgehead atoms. The number of rotatable bonds is 7. The van der Waals surface area contributed by atoms with Crippen LogP contribution in [0.4, 0.5) is 0 Å². The minimum Gasteiger partial charge on any atom is -0.454 e. The minimum absolute atomic E-state index is 0.0154. The highest BCUT2D eigenvalue weighted by Crippen LogP contribution is 2.38. The van der Waals surface area contributed by atoms with Gasteiger partial charge < -0.3 is 24.1 Å². The third-order valence-corrected chi connectivity index (χ3v) is 6.47. The van der Waals surface area contributed by atoms with Crippen molar-refractivity contribution in [2.45, 2.75) is 31.6 Å². The highest BCUT2D eigenvalue weighted by atomic mass is 35.5. The third-order valence-electron chi connectivity index (χ3n) is 6.24. The lowest BCUT2D eigenvalue weighted by Gasteiger charge is -2.26. The molecule has 0 spiro atoms. The first-order valence-electron chi connectivity index (χ1n) is 11.2. The van der Waals surface area contributed by atoms with Crippen LogP contribution in [0, 0.1) is 0 Å². The first-order valence-corrected chi connectivity index (χ1v) is 11.6. The van der Waals surface area contributed by atoms with Gasteiger partial charge in [0.1, 0.15) is 5.65 Å². The van der Waals surface area contributed by atoms with Crippen molar-refractivity contribution in [2.75, 3.05) is 33.0 Å². The van der Waals surface area contributed by atoms with Gasteiger partial charge in [-0.05, 0) is 55.8 Å². The molecule has 0 radical (unpaired) electrons. The number of ether oxygens (including phenoxy) is 2. The second-order valence-electron chi connectivity index (χ2n) is 8.38. The molecule has 2 aliphatic rings. The summed E-state index contributed by atoms with van der Waals surface area (Å²) in [5.41, 5.74) is 2.68. The van der Waals surface area contributed by atoms with Gasteiger partial charge in [-0.3, -0.25) is 4.79 Å². The molecule has 5 rings (SSSR count). The summed E-state index contributed by atoms with van der Waals surface area (Å²) in [6.07, 6.45) is 7.77. The number of halogens is 1. The number of aromatic nitrogens is 2. The SMILES string of the molecule is O=C(CC(c1ccc2c(c1)OCO2)c1cnc2ccc(Cl)cn12)NCCN1CCCCC1. The summed E-state index contributed by atoms with van der Waals surface area (Å²) in [5, 5.41) is 3.73. The Hall–Kier alpha value is -2.77. The van der Waals surface area contributed by atoms with Crippen molar-refractivity contribution in [1.82, 2.24) is 19.6 Å². The lowest BCUT2D eigenvalue weighted by molar-refractivity contribution is -0.121. The van der Waals surface area contributed by atoms with Crippen LogP contribution in [0.1, 0.15) is 42.9 Å². The van der Waals surface area contributed by atoms with Crippen molar-refractivity contribution < 1.29 is 14.3 Å². The molecule has 168 valence electrons. The number of nitrogens with one attached hydrogen (secondary N) is 1. The highest BCUT2D eigenvalue weighted by molar-refractivity contribution is 6.30. The summed E-state index contributed by atoms with van der Waals surface area (Å²) in [5.74, 6) is 1.24. The van der Waals surface area contributed by atoms with Gasteiger partial charge in [-0.25, -0.2) is 4.98 Å². The van der Waals surface area contributed by atoms with E-state index in [0.717, 1.165) is 42.3 Å². The van der Waals surface area contributed by atoms with Gasteiger partial charge in [0.2, 0.25) is 12.7 Å². The first kappa shape index (κ1) is 21.1. The first-order chi connectivity index (χ1) is 15.7. The molecule has 4 heterocycles. The number of amides is 1. The number of carbonyl (C=O) groups is 1. The second-order valence-corrected chi connectivity index (χ2v) is 8.82. The van der Waals surface area contributed by atoms with Crippen molar-refractivity contribution in [3.05, 3.63) is 59.0 Å². The number of pyridine rings is 1. The van der Waals surface area contributed by atoms with Crippen LogP contribution in [0.15, 0.2) is 42.7 Å². The molecular formula is C24H27ClN4O3. The standard InChI is InChI=1S/C24H27ClN4O3/c25-18-5-7-23-27-14-20(29(23)15-18)19(17-4-6-21-22(12-17)32-16-31-21)13-24(30)26-8-11-28-9-2-1-3-10-28/h4-7,12,14-15,19H,1-3,8-11,13,16H2,(H,26,30). The van der Waals surface area contributed by atoms with E-state index < -0.39 is 0 Å². The van der Waals surface area contributed by atoms with Crippen LogP contribution in [0.5, 0.6) is 11.5 Å². The molecule has 1 amide bonds. The molecule has 1 fully saturated rings. The number of piperidine rings is 1. The summed E-state index contributed by atoms with van der Waals surface area (Å²) >= 11 is 6.25. The maximum Gasteiger partial charge on any atom is 0.231 e. The lowest BCUT2D eigenvalue weighted by atomic mass is 9.92. The Morgan fingerprint density at radius 1 is 1.12 bits per heavy atom. The van der Waals surface area contributed by atoms with Crippen LogP contribution in [-0.2, 0) is 4.79 Å². The maximum atomic E-state index is 13.0. The van der Waals surface area contributed by atoms with Crippen molar-refractivity contribution >= 4 is 23.2 Å². The fourth-order valence-electron chi connectivity index (χ4n) is 4.55. The van der Waals surface area contributed by atoms with E-state index in [1.807, 2.05) is 47.1 Å². The van der Waals surface area contributed by atoms with Crippen LogP contribution >= 0.6 is 11.6 Å². The predicted octanol–water partition coefficient (Wildman–Crippen LogP) is 3.84. The van der Waals surface area contributed by atoms with Gasteiger partial charge in [0.25, 0.3) is 0 Å². The van der Waals surface area contributed by atoms with Crippen molar-refractivity contribution in [2.24, 2.45) is 0 Å². The van der Waals surface area contributed by atoms with Crippen LogP contribution in [-0.4, -0.2) is 53.2 Å². The molecule has 1 aromatic carbocycles. The summed E-state index contributed by atoms with van der Waals surface area (Å²) < 4.78 is 13.0. The van der Waals surface area contributed by atoms with Crippen LogP contribution in [0.25, 0.3) is 5.65 Å². The number of nitrogens with zero attached hydrogens (tertiary/aromatic N) is 3. The third kappa shape index (κ3) is 4.54. The molecule has 2 aromatic heterocycles. The second kappa shape index (κ2) is 9.38. The number of benzene rings is 1. The Labute approximate surface area is 192 Å². The summed E-state index contributed by atoms with van der Waals surface area (Å²) in [6.45, 7) is 4.01. The molecule has 2 aliphatic heterocycles. The van der Waals surface area contributed by atoms with Gasteiger partial charge in [0, 0.05) is 37.8 Å². The number of carbonyl (C=O) groups excluding carboxylic acids is 1. The molecule has 32 heavy (non-hydrogen) atoms. The number of fused-ring (bicyclic) bond motifs is 2. The number of imidazole rings is 1. The van der Waals surface area contributed by atoms with Crippen molar-refractivity contribution in [3.63, 3.8) is 0 Å². The summed E-state index contributed by atoms with van der Waals surface area (Å²) in [4.78, 5) is 19.9. The smallest absolute Gasteiger partial charge is 0.231 e. The average molecular weight is 455 g/mol. The Bertz CT molecular complexity index is 1110. The fraction of sp³-hybridized carbons (Fsp3) is 0.417. The average Bonchev–Trinajstić information content (AvgIpc) is 3.44. The van der Waals surface area contributed by atoms with Gasteiger partial charge in [-0.2, -0.15) is 0 Å². The van der Waals surface area contributed by atoms with Gasteiger partial charge >= 0.3 is 0 Å². The Morgan fingerprint density at radius 2 is 1.97 bits per heavy atom. The van der Waals surface area contributed by atoms with E-state index in [0.29, 0.717) is 23.7 Å². The molecule has 7 nitrogen and oxygen atoms in total. The van der Waals surface area contributed by atoms with Crippen LogP contribution < -0.4 is 14.8 Å². The largest absolute Gasteiger partial charge is 0.454 e. The van der Waals surface area contributed by atoms with Gasteiger partial charge in [-0.1, -0.05) is 24.1 Å². The number of hydrogen-bond donors (Lipinski definition) is 1. The van der Waals surface area contributed by atoms with E-state index in [1.54, 1.807) is 0 Å². The molecule has 1 N–H and O–H groups in total. The van der Waals surface area contributed by atoms with Crippen molar-refractivity contribution in [1.29, 1.82) is 0 Å². The van der Waals surface area contributed by atoms with Gasteiger partial charge in [-0.15, -0.1) is 0 Å². The molecule has 0 saturated carbocycles. The number of likely N-dealkylation sites (tertiary alicyclic amines) is 1. The molecule has 8 heteroatoms. The summed E-state index contributed by atoms with van der Waals surface area (Å²) in [6, 6.07) is 9.54. The Morgan fingerprint density at radius 3 is 2.84 bits per heavy atom. The molecule has 1 saturated heterocycles. The Kier molecular flexibility index (Phi) is 6.19. The van der Waals surface area contributed by atoms with Crippen LogP contribution in [0.2, 0.25) is 5.02 Å².